The van der Waals surface area contributed by atoms with E-state index in [9.17, 15) is 13.2 Å². The fourth-order valence-electron chi connectivity index (χ4n) is 1.69. The monoisotopic (exact) mass is 356 g/mol. The molecular formula is C13H16BrF3O3. The molecule has 0 radical (unpaired) electrons. The van der Waals surface area contributed by atoms with Crippen LogP contribution in [0.15, 0.2) is 18.2 Å². The van der Waals surface area contributed by atoms with Crippen LogP contribution in [-0.2, 0) is 20.3 Å². The van der Waals surface area contributed by atoms with E-state index in [1.807, 2.05) is 0 Å². The smallest absolute Gasteiger partial charge is 0.419 e. The first-order valence-electron chi connectivity index (χ1n) is 6.01. The maximum atomic E-state index is 13.0. The van der Waals surface area contributed by atoms with Gasteiger partial charge in [0.05, 0.1) is 12.7 Å². The molecule has 0 spiro atoms. The summed E-state index contributed by atoms with van der Waals surface area (Å²) in [5.74, 6) is -0.246. The van der Waals surface area contributed by atoms with Crippen LogP contribution in [0, 0.1) is 0 Å². The molecule has 0 aliphatic carbocycles. The summed E-state index contributed by atoms with van der Waals surface area (Å²) in [6.45, 7) is 4.00. The molecule has 20 heavy (non-hydrogen) atoms. The van der Waals surface area contributed by atoms with Crippen LogP contribution in [0.5, 0.6) is 5.75 Å². The lowest BCUT2D eigenvalue weighted by atomic mass is 10.1. The third kappa shape index (κ3) is 3.86. The molecule has 1 aromatic rings. The van der Waals surface area contributed by atoms with Gasteiger partial charge in [-0.25, -0.2) is 0 Å². The Kier molecular flexibility index (Phi) is 5.85. The molecule has 1 aromatic carbocycles. The number of ether oxygens (including phenoxy) is 3. The Balaban J connectivity index is 3.31. The maximum Gasteiger partial charge on any atom is 0.419 e. The lowest BCUT2D eigenvalue weighted by Crippen LogP contribution is -2.27. The lowest BCUT2D eigenvalue weighted by Gasteiger charge is -2.28. The molecule has 3 nitrogen and oxygen atoms in total. The molecule has 0 aliphatic rings. The predicted molar refractivity (Wildman–Crippen MR) is 71.9 cm³/mol. The van der Waals surface area contributed by atoms with Crippen LogP contribution < -0.4 is 4.74 Å². The number of benzene rings is 1. The minimum atomic E-state index is -4.52. The van der Waals surface area contributed by atoms with Crippen LogP contribution in [0.4, 0.5) is 13.2 Å². The van der Waals surface area contributed by atoms with Crippen molar-refractivity contribution < 1.29 is 27.4 Å². The summed E-state index contributed by atoms with van der Waals surface area (Å²) in [5.41, 5.74) is -0.657. The van der Waals surface area contributed by atoms with E-state index in [2.05, 4.69) is 15.9 Å². The van der Waals surface area contributed by atoms with Crippen LogP contribution in [0.25, 0.3) is 0 Å². The third-order valence-electron chi connectivity index (χ3n) is 2.51. The number of methoxy groups -OCH3 is 1. The van der Waals surface area contributed by atoms with Crippen LogP contribution in [0.3, 0.4) is 0 Å². The van der Waals surface area contributed by atoms with Crippen LogP contribution in [0.1, 0.15) is 25.0 Å². The second-order valence-electron chi connectivity index (χ2n) is 3.82. The van der Waals surface area contributed by atoms with E-state index in [1.54, 1.807) is 13.8 Å². The summed E-state index contributed by atoms with van der Waals surface area (Å²) >= 11 is 3.21. The highest BCUT2D eigenvalue weighted by molar-refractivity contribution is 9.09. The van der Waals surface area contributed by atoms with Crippen molar-refractivity contribution in [3.8, 4) is 5.75 Å². The van der Waals surface area contributed by atoms with Gasteiger partial charge in [0.1, 0.15) is 5.75 Å². The molecule has 7 heteroatoms. The summed E-state index contributed by atoms with van der Waals surface area (Å²) in [5, 5.41) is 0. The topological polar surface area (TPSA) is 27.7 Å². The van der Waals surface area contributed by atoms with E-state index in [4.69, 9.17) is 14.2 Å². The van der Waals surface area contributed by atoms with Gasteiger partial charge in [0.15, 0.2) is 0 Å². The first-order valence-corrected chi connectivity index (χ1v) is 6.80. The Labute approximate surface area is 124 Å². The van der Waals surface area contributed by atoms with Gasteiger partial charge in [-0.1, -0.05) is 0 Å². The Morgan fingerprint density at radius 1 is 1.10 bits per heavy atom. The van der Waals surface area contributed by atoms with Crippen molar-refractivity contribution in [2.75, 3.05) is 20.3 Å². The summed E-state index contributed by atoms with van der Waals surface area (Å²) < 4.78 is 53.1. The molecule has 0 atom stereocenters. The molecule has 0 N–H and O–H groups in total. The van der Waals surface area contributed by atoms with Gasteiger partial charge in [-0.05, 0) is 48.0 Å². The molecule has 0 heterocycles. The average molecular weight is 357 g/mol. The van der Waals surface area contributed by atoms with Crippen molar-refractivity contribution in [3.63, 3.8) is 0 Å². The Morgan fingerprint density at radius 2 is 1.65 bits per heavy atom. The first-order chi connectivity index (χ1) is 9.28. The SMILES string of the molecule is CCOC(Br)(OCC)c1ccc(OC)c(C(F)(F)F)c1. The summed E-state index contributed by atoms with van der Waals surface area (Å²) in [4.78, 5) is 0. The van der Waals surface area contributed by atoms with E-state index in [-0.39, 0.29) is 24.5 Å². The molecule has 0 fully saturated rings. The second-order valence-corrected chi connectivity index (χ2v) is 4.86. The van der Waals surface area contributed by atoms with Gasteiger partial charge >= 0.3 is 6.18 Å². The molecule has 0 aliphatic heterocycles. The van der Waals surface area contributed by atoms with Gasteiger partial charge in [-0.15, -0.1) is 0 Å². The zero-order chi connectivity index (χ0) is 15.4. The second kappa shape index (κ2) is 6.78. The van der Waals surface area contributed by atoms with Crippen molar-refractivity contribution in [3.05, 3.63) is 29.3 Å². The Morgan fingerprint density at radius 3 is 2.05 bits per heavy atom. The number of hydrogen-bond acceptors (Lipinski definition) is 3. The maximum absolute atomic E-state index is 13.0. The lowest BCUT2D eigenvalue weighted by molar-refractivity contribution is -0.167. The van der Waals surface area contributed by atoms with Crippen molar-refractivity contribution >= 4 is 15.9 Å². The third-order valence-corrected chi connectivity index (χ3v) is 3.43. The number of hydrogen-bond donors (Lipinski definition) is 0. The van der Waals surface area contributed by atoms with Crippen molar-refractivity contribution in [2.45, 2.75) is 24.7 Å². The first kappa shape index (κ1) is 17.3. The summed E-state index contributed by atoms with van der Waals surface area (Å²) in [7, 11) is 1.19. The zero-order valence-electron chi connectivity index (χ0n) is 11.4. The van der Waals surface area contributed by atoms with Crippen molar-refractivity contribution in [1.82, 2.24) is 0 Å². The normalized spacial score (nSPS) is 12.6. The van der Waals surface area contributed by atoms with Gasteiger partial charge in [0.25, 0.3) is 4.70 Å². The van der Waals surface area contributed by atoms with Gasteiger partial charge in [-0.3, -0.25) is 0 Å². The Hall–Kier alpha value is -0.790. The highest BCUT2D eigenvalue weighted by Gasteiger charge is 2.38. The van der Waals surface area contributed by atoms with Crippen molar-refractivity contribution in [2.24, 2.45) is 0 Å². The van der Waals surface area contributed by atoms with Gasteiger partial charge in [-0.2, -0.15) is 13.2 Å². The van der Waals surface area contributed by atoms with E-state index in [1.165, 1.54) is 19.2 Å². The molecule has 1 rings (SSSR count). The molecule has 0 amide bonds. The number of halogens is 4. The minimum Gasteiger partial charge on any atom is -0.496 e. The molecule has 0 aromatic heterocycles. The van der Waals surface area contributed by atoms with Crippen LogP contribution in [0.2, 0.25) is 0 Å². The fraction of sp³-hybridized carbons (Fsp3) is 0.538. The zero-order valence-corrected chi connectivity index (χ0v) is 13.0. The Bertz CT molecular complexity index is 443. The van der Waals surface area contributed by atoms with Gasteiger partial charge < -0.3 is 14.2 Å². The molecule has 114 valence electrons. The number of alkyl halides is 4. The minimum absolute atomic E-state index is 0.217. The quantitative estimate of drug-likeness (QED) is 0.562. The van der Waals surface area contributed by atoms with Gasteiger partial charge in [0, 0.05) is 18.8 Å². The average Bonchev–Trinajstić information content (AvgIpc) is 2.37. The highest BCUT2D eigenvalue weighted by Crippen LogP contribution is 2.41. The molecule has 0 unspecified atom stereocenters. The standard InChI is InChI=1S/C13H16BrF3O3/c1-4-19-12(14,20-5-2)9-6-7-11(18-3)10(8-9)13(15,16)17/h6-8H,4-5H2,1-3H3. The van der Waals surface area contributed by atoms with Gasteiger partial charge in [0.2, 0.25) is 0 Å². The molecule has 0 bridgehead atoms. The highest BCUT2D eigenvalue weighted by atomic mass is 79.9. The summed E-state index contributed by atoms with van der Waals surface area (Å²) in [6.07, 6.45) is -4.52. The van der Waals surface area contributed by atoms with E-state index in [0.29, 0.717) is 0 Å². The number of rotatable bonds is 6. The molecule has 0 saturated heterocycles. The summed E-state index contributed by atoms with van der Waals surface area (Å²) in [6, 6.07) is 3.67. The molecular weight excluding hydrogens is 341 g/mol. The van der Waals surface area contributed by atoms with Crippen LogP contribution in [-0.4, -0.2) is 20.3 Å². The van der Waals surface area contributed by atoms with E-state index >= 15 is 0 Å². The van der Waals surface area contributed by atoms with Crippen LogP contribution >= 0.6 is 15.9 Å². The fourth-order valence-corrected chi connectivity index (χ4v) is 2.40. The van der Waals surface area contributed by atoms with E-state index in [0.717, 1.165) is 6.07 Å². The van der Waals surface area contributed by atoms with Crippen molar-refractivity contribution in [1.29, 1.82) is 0 Å². The largest absolute Gasteiger partial charge is 0.496 e. The predicted octanol–water partition coefficient (Wildman–Crippen LogP) is 4.29. The van der Waals surface area contributed by atoms with E-state index < -0.39 is 16.4 Å². The molecule has 0 saturated carbocycles.